The molecule has 0 unspecified atom stereocenters. The van der Waals surface area contributed by atoms with Gasteiger partial charge in [-0.25, -0.2) is 0 Å². The minimum atomic E-state index is -0.353. The molecule has 0 fully saturated rings. The average Bonchev–Trinajstić information content (AvgIpc) is 2.85. The number of nitrogens with one attached hydrogen (secondary N) is 1. The Morgan fingerprint density at radius 2 is 2.29 bits per heavy atom. The largest absolute Gasteiger partial charge is 0.396 e. The minimum absolute atomic E-state index is 0.220. The molecule has 2 aromatic heterocycles. The number of nitrogen functional groups attached to an aromatic ring is 1. The van der Waals surface area contributed by atoms with Crippen molar-refractivity contribution in [2.45, 2.75) is 13.5 Å². The van der Waals surface area contributed by atoms with E-state index in [0.717, 1.165) is 0 Å². The van der Waals surface area contributed by atoms with E-state index in [1.54, 1.807) is 34.9 Å². The predicted molar refractivity (Wildman–Crippen MR) is 63.5 cm³/mol. The van der Waals surface area contributed by atoms with E-state index in [1.165, 1.54) is 0 Å². The smallest absolute Gasteiger partial charge is 0.279 e. The van der Waals surface area contributed by atoms with Crippen LogP contribution in [-0.2, 0) is 13.6 Å². The summed E-state index contributed by atoms with van der Waals surface area (Å²) in [6, 6.07) is 1.70. The second-order valence-corrected chi connectivity index (χ2v) is 3.62. The fourth-order valence-electron chi connectivity index (χ4n) is 1.43. The van der Waals surface area contributed by atoms with Crippen molar-refractivity contribution in [1.29, 1.82) is 0 Å². The number of aryl methyl sites for hydroxylation is 2. The zero-order valence-corrected chi connectivity index (χ0v) is 9.71. The fourth-order valence-corrected chi connectivity index (χ4v) is 1.43. The first-order chi connectivity index (χ1) is 8.10. The molecule has 2 rings (SSSR count). The summed E-state index contributed by atoms with van der Waals surface area (Å²) in [6.07, 6.45) is 3.37. The molecule has 0 radical (unpaired) electrons. The number of anilines is 2. The first-order valence-corrected chi connectivity index (χ1v) is 5.24. The molecule has 90 valence electrons. The van der Waals surface area contributed by atoms with Crippen LogP contribution in [0.15, 0.2) is 18.5 Å². The molecule has 2 aromatic rings. The summed E-state index contributed by atoms with van der Waals surface area (Å²) in [7, 11) is 1.77. The summed E-state index contributed by atoms with van der Waals surface area (Å²) < 4.78 is 3.21. The molecule has 0 atom stereocenters. The monoisotopic (exact) mass is 234 g/mol. The van der Waals surface area contributed by atoms with Crippen molar-refractivity contribution in [2.75, 3.05) is 11.1 Å². The molecule has 0 bridgehead atoms. The normalized spacial score (nSPS) is 10.5. The van der Waals surface area contributed by atoms with E-state index in [1.807, 2.05) is 6.92 Å². The Morgan fingerprint density at radius 3 is 2.82 bits per heavy atom. The van der Waals surface area contributed by atoms with Crippen LogP contribution < -0.4 is 11.1 Å². The van der Waals surface area contributed by atoms with Crippen LogP contribution in [0.2, 0.25) is 0 Å². The van der Waals surface area contributed by atoms with Crippen LogP contribution in [0.3, 0.4) is 0 Å². The van der Waals surface area contributed by atoms with Crippen LogP contribution in [0.1, 0.15) is 17.4 Å². The van der Waals surface area contributed by atoms with Crippen LogP contribution in [0.5, 0.6) is 0 Å². The Hall–Kier alpha value is -2.31. The number of nitrogens with zero attached hydrogens (tertiary/aromatic N) is 4. The number of aromatic nitrogens is 4. The lowest BCUT2D eigenvalue weighted by Crippen LogP contribution is -2.15. The molecule has 1 amide bonds. The number of amides is 1. The molecule has 2 heterocycles. The molecule has 0 aliphatic heterocycles. The lowest BCUT2D eigenvalue weighted by atomic mass is 10.3. The summed E-state index contributed by atoms with van der Waals surface area (Å²) in [5, 5.41) is 10.7. The summed E-state index contributed by atoms with van der Waals surface area (Å²) in [4.78, 5) is 11.9. The zero-order chi connectivity index (χ0) is 12.4. The van der Waals surface area contributed by atoms with E-state index < -0.39 is 0 Å². The highest BCUT2D eigenvalue weighted by atomic mass is 16.2. The maximum atomic E-state index is 11.9. The van der Waals surface area contributed by atoms with Crippen molar-refractivity contribution < 1.29 is 4.79 Å². The van der Waals surface area contributed by atoms with Crippen LogP contribution in [0.4, 0.5) is 11.5 Å². The van der Waals surface area contributed by atoms with Gasteiger partial charge in [-0.15, -0.1) is 0 Å². The van der Waals surface area contributed by atoms with Gasteiger partial charge < -0.3 is 11.1 Å². The lowest BCUT2D eigenvalue weighted by Gasteiger charge is -1.99. The molecule has 0 saturated carbocycles. The van der Waals surface area contributed by atoms with Gasteiger partial charge in [-0.05, 0) is 6.92 Å². The van der Waals surface area contributed by atoms with Gasteiger partial charge in [0.2, 0.25) is 0 Å². The molecular weight excluding hydrogens is 220 g/mol. The molecule has 0 aliphatic rings. The number of nitrogens with two attached hydrogens (primary N) is 1. The Labute approximate surface area is 98.2 Å². The molecule has 7 heteroatoms. The van der Waals surface area contributed by atoms with E-state index in [2.05, 4.69) is 15.5 Å². The second-order valence-electron chi connectivity index (χ2n) is 3.62. The standard InChI is InChI=1S/C10H14N6O/c1-3-16-6-7(11)9(14-16)10(17)12-8-4-5-15(2)13-8/h4-6H,3,11H2,1-2H3,(H,12,13,17). The van der Waals surface area contributed by atoms with Gasteiger partial charge in [0, 0.05) is 32.1 Å². The first kappa shape index (κ1) is 11.2. The van der Waals surface area contributed by atoms with E-state index in [4.69, 9.17) is 5.73 Å². The second kappa shape index (κ2) is 4.28. The van der Waals surface area contributed by atoms with Gasteiger partial charge in [-0.2, -0.15) is 10.2 Å². The van der Waals surface area contributed by atoms with E-state index in [-0.39, 0.29) is 11.6 Å². The quantitative estimate of drug-likeness (QED) is 0.807. The summed E-state index contributed by atoms with van der Waals surface area (Å²) in [6.45, 7) is 2.59. The lowest BCUT2D eigenvalue weighted by molar-refractivity contribution is 0.102. The molecular formula is C10H14N6O. The van der Waals surface area contributed by atoms with Gasteiger partial charge >= 0.3 is 0 Å². The van der Waals surface area contributed by atoms with Crippen molar-refractivity contribution in [1.82, 2.24) is 19.6 Å². The minimum Gasteiger partial charge on any atom is -0.396 e. The maximum absolute atomic E-state index is 11.9. The van der Waals surface area contributed by atoms with Crippen molar-refractivity contribution in [2.24, 2.45) is 7.05 Å². The Balaban J connectivity index is 2.16. The third kappa shape index (κ3) is 2.27. The van der Waals surface area contributed by atoms with Crippen LogP contribution >= 0.6 is 0 Å². The zero-order valence-electron chi connectivity index (χ0n) is 9.71. The molecule has 0 spiro atoms. The van der Waals surface area contributed by atoms with Crippen LogP contribution in [0, 0.1) is 0 Å². The van der Waals surface area contributed by atoms with Gasteiger partial charge in [0.05, 0.1) is 5.69 Å². The van der Waals surface area contributed by atoms with Gasteiger partial charge in [-0.1, -0.05) is 0 Å². The number of hydrogen-bond acceptors (Lipinski definition) is 4. The molecule has 0 aromatic carbocycles. The number of carbonyl (C=O) groups excluding carboxylic acids is 1. The van der Waals surface area contributed by atoms with Gasteiger partial charge in [0.15, 0.2) is 11.5 Å². The fraction of sp³-hybridized carbons (Fsp3) is 0.300. The SMILES string of the molecule is CCn1cc(N)c(C(=O)Nc2ccn(C)n2)n1. The average molecular weight is 234 g/mol. The third-order valence-corrected chi connectivity index (χ3v) is 2.28. The number of hydrogen-bond donors (Lipinski definition) is 2. The number of rotatable bonds is 3. The Bertz CT molecular complexity index is 541. The van der Waals surface area contributed by atoms with Crippen molar-refractivity contribution in [3.8, 4) is 0 Å². The Morgan fingerprint density at radius 1 is 1.53 bits per heavy atom. The van der Waals surface area contributed by atoms with Gasteiger partial charge in [0.25, 0.3) is 5.91 Å². The van der Waals surface area contributed by atoms with Crippen LogP contribution in [0.25, 0.3) is 0 Å². The summed E-state index contributed by atoms with van der Waals surface area (Å²) in [5.74, 6) is 0.122. The molecule has 7 nitrogen and oxygen atoms in total. The van der Waals surface area contributed by atoms with Crippen molar-refractivity contribution in [3.63, 3.8) is 0 Å². The van der Waals surface area contributed by atoms with Gasteiger partial charge in [-0.3, -0.25) is 14.2 Å². The third-order valence-electron chi connectivity index (χ3n) is 2.28. The van der Waals surface area contributed by atoms with E-state index in [0.29, 0.717) is 18.1 Å². The highest BCUT2D eigenvalue weighted by molar-refractivity contribution is 6.05. The Kier molecular flexibility index (Phi) is 2.82. The van der Waals surface area contributed by atoms with Gasteiger partial charge in [0.1, 0.15) is 0 Å². The van der Waals surface area contributed by atoms with Crippen molar-refractivity contribution >= 4 is 17.4 Å². The summed E-state index contributed by atoms with van der Waals surface area (Å²) in [5.41, 5.74) is 6.29. The predicted octanol–water partition coefficient (Wildman–Crippen LogP) is 0.471. The number of carbonyl (C=O) groups is 1. The highest BCUT2D eigenvalue weighted by Gasteiger charge is 2.15. The molecule has 0 aliphatic carbocycles. The van der Waals surface area contributed by atoms with Crippen LogP contribution in [-0.4, -0.2) is 25.5 Å². The highest BCUT2D eigenvalue weighted by Crippen LogP contribution is 2.11. The molecule has 0 saturated heterocycles. The summed E-state index contributed by atoms with van der Waals surface area (Å²) >= 11 is 0. The van der Waals surface area contributed by atoms with E-state index >= 15 is 0 Å². The van der Waals surface area contributed by atoms with Crippen molar-refractivity contribution in [3.05, 3.63) is 24.2 Å². The topological polar surface area (TPSA) is 90.8 Å². The first-order valence-electron chi connectivity index (χ1n) is 5.24. The molecule has 17 heavy (non-hydrogen) atoms. The molecule has 3 N–H and O–H groups in total. The van der Waals surface area contributed by atoms with E-state index in [9.17, 15) is 4.79 Å². The maximum Gasteiger partial charge on any atom is 0.279 e.